The van der Waals surface area contributed by atoms with Crippen LogP contribution < -0.4 is 0 Å². The fourth-order valence-electron chi connectivity index (χ4n) is 9.09. The van der Waals surface area contributed by atoms with Crippen molar-refractivity contribution in [2.24, 2.45) is 39.9 Å². The summed E-state index contributed by atoms with van der Waals surface area (Å²) in [6, 6.07) is 0. The molecular weight excluding hydrogens is 298 g/mol. The van der Waals surface area contributed by atoms with Gasteiger partial charge in [0.1, 0.15) is 0 Å². The second-order valence-corrected chi connectivity index (χ2v) is 10.6. The highest BCUT2D eigenvalue weighted by Gasteiger charge is 2.72. The molecule has 5 rings (SSSR count). The monoisotopic (exact) mass is 333 g/mol. The summed E-state index contributed by atoms with van der Waals surface area (Å²) in [7, 11) is 0. The number of rotatable bonds is 2. The first kappa shape index (κ1) is 16.1. The molecule has 5 fully saturated rings. The van der Waals surface area contributed by atoms with Crippen molar-refractivity contribution in [3.8, 4) is 0 Å². The quantitative estimate of drug-likeness (QED) is 0.817. The minimum atomic E-state index is -0.0574. The molecule has 4 bridgehead atoms. The predicted molar refractivity (Wildman–Crippen MR) is 94.5 cm³/mol. The van der Waals surface area contributed by atoms with Crippen LogP contribution in [0.1, 0.15) is 58.8 Å². The molecule has 1 spiro atoms. The highest BCUT2D eigenvalue weighted by Crippen LogP contribution is 2.75. The fraction of sp³-hybridized carbons (Fsp3) is 1.00. The first-order valence-electron chi connectivity index (χ1n) is 10.5. The van der Waals surface area contributed by atoms with Crippen LogP contribution in [0.15, 0.2) is 0 Å². The van der Waals surface area contributed by atoms with Gasteiger partial charge in [0.2, 0.25) is 0 Å². The van der Waals surface area contributed by atoms with Crippen LogP contribution in [0.5, 0.6) is 0 Å². The zero-order valence-electron chi connectivity index (χ0n) is 15.5. The molecule has 24 heavy (non-hydrogen) atoms. The van der Waals surface area contributed by atoms with Crippen LogP contribution in [0.2, 0.25) is 0 Å². The third-order valence-electron chi connectivity index (χ3n) is 9.74. The van der Waals surface area contributed by atoms with E-state index in [2.05, 4.69) is 18.7 Å². The second kappa shape index (κ2) is 4.98. The van der Waals surface area contributed by atoms with Crippen LogP contribution in [0, 0.1) is 39.9 Å². The Bertz CT molecular complexity index is 538. The number of piperidine rings is 1. The predicted octanol–water partition coefficient (Wildman–Crippen LogP) is 2.90. The minimum absolute atomic E-state index is 0.0574. The van der Waals surface area contributed by atoms with Crippen molar-refractivity contribution in [1.82, 2.24) is 4.90 Å². The number of fused-ring (bicyclic) bond motifs is 1. The van der Waals surface area contributed by atoms with Crippen LogP contribution >= 0.6 is 0 Å². The molecule has 0 aromatic carbocycles. The average Bonchev–Trinajstić information content (AvgIpc) is 3.03. The van der Waals surface area contributed by atoms with Crippen molar-refractivity contribution in [2.75, 3.05) is 26.2 Å². The summed E-state index contributed by atoms with van der Waals surface area (Å²) in [5.74, 6) is 2.87. The third kappa shape index (κ3) is 1.75. The van der Waals surface area contributed by atoms with Gasteiger partial charge in [0.15, 0.2) is 0 Å². The Kier molecular flexibility index (Phi) is 3.34. The van der Waals surface area contributed by atoms with E-state index in [-0.39, 0.29) is 18.1 Å². The van der Waals surface area contributed by atoms with Crippen molar-refractivity contribution in [3.05, 3.63) is 0 Å². The van der Waals surface area contributed by atoms with E-state index in [1.807, 2.05) is 0 Å². The number of aliphatic hydroxyl groups is 2. The zero-order valence-corrected chi connectivity index (χ0v) is 15.5. The van der Waals surface area contributed by atoms with Gasteiger partial charge in [-0.2, -0.15) is 0 Å². The zero-order chi connectivity index (χ0) is 16.7. The maximum Gasteiger partial charge on any atom is 0.0627 e. The fourth-order valence-corrected chi connectivity index (χ4v) is 9.09. The Hall–Kier alpha value is -0.120. The molecule has 1 heterocycles. The van der Waals surface area contributed by atoms with Crippen LogP contribution in [0.4, 0.5) is 0 Å². The van der Waals surface area contributed by atoms with E-state index >= 15 is 0 Å². The number of hydrogen-bond donors (Lipinski definition) is 2. The van der Waals surface area contributed by atoms with Gasteiger partial charge in [0, 0.05) is 25.0 Å². The first-order valence-corrected chi connectivity index (χ1v) is 10.5. The molecule has 1 aliphatic heterocycles. The van der Waals surface area contributed by atoms with E-state index in [1.54, 1.807) is 0 Å². The van der Waals surface area contributed by atoms with Crippen LogP contribution in [0.3, 0.4) is 0 Å². The molecule has 4 saturated carbocycles. The molecular formula is C21H35NO2. The van der Waals surface area contributed by atoms with Gasteiger partial charge in [-0.25, -0.2) is 0 Å². The number of aliphatic hydroxyl groups excluding tert-OH is 2. The molecule has 8 atom stereocenters. The van der Waals surface area contributed by atoms with E-state index in [1.165, 1.54) is 58.0 Å². The van der Waals surface area contributed by atoms with E-state index in [0.717, 1.165) is 24.3 Å². The third-order valence-corrected chi connectivity index (χ3v) is 9.74. The van der Waals surface area contributed by atoms with Crippen molar-refractivity contribution < 1.29 is 10.2 Å². The lowest BCUT2D eigenvalue weighted by Crippen LogP contribution is -2.68. The van der Waals surface area contributed by atoms with Gasteiger partial charge < -0.3 is 10.2 Å². The molecule has 4 aliphatic carbocycles. The minimum Gasteiger partial charge on any atom is -0.395 e. The van der Waals surface area contributed by atoms with E-state index < -0.39 is 0 Å². The first-order chi connectivity index (χ1) is 11.5. The van der Waals surface area contributed by atoms with Gasteiger partial charge in [0.05, 0.1) is 12.7 Å². The van der Waals surface area contributed by atoms with Gasteiger partial charge in [-0.1, -0.05) is 20.3 Å². The molecule has 0 radical (unpaired) electrons. The van der Waals surface area contributed by atoms with Crippen molar-refractivity contribution in [3.63, 3.8) is 0 Å². The SMILES string of the molecule is C[C@@H]1[C@@H]2C[C@H]3[C@@](CC[C@H]4[C@@]5(C)CCC[C@@]34CN(CCO)C5)(C2)[C@H]1O. The van der Waals surface area contributed by atoms with Gasteiger partial charge >= 0.3 is 0 Å². The highest BCUT2D eigenvalue weighted by molar-refractivity contribution is 5.21. The largest absolute Gasteiger partial charge is 0.395 e. The molecule has 3 nitrogen and oxygen atoms in total. The van der Waals surface area contributed by atoms with Crippen molar-refractivity contribution in [1.29, 1.82) is 0 Å². The lowest BCUT2D eigenvalue weighted by atomic mass is 9.40. The molecule has 0 aromatic rings. The van der Waals surface area contributed by atoms with Gasteiger partial charge in [-0.05, 0) is 73.0 Å². The molecule has 0 unspecified atom stereocenters. The summed E-state index contributed by atoms with van der Waals surface area (Å²) in [4.78, 5) is 2.58. The maximum atomic E-state index is 11.1. The average molecular weight is 334 g/mol. The van der Waals surface area contributed by atoms with Crippen LogP contribution in [-0.4, -0.2) is 47.5 Å². The summed E-state index contributed by atoms with van der Waals surface area (Å²) in [6.07, 6.45) is 9.35. The molecule has 1 saturated heterocycles. The molecule has 5 aliphatic rings. The number of hydrogen-bond acceptors (Lipinski definition) is 3. The Labute approximate surface area is 146 Å². The molecule has 0 amide bonds. The van der Waals surface area contributed by atoms with E-state index in [9.17, 15) is 10.2 Å². The Balaban J connectivity index is 1.57. The van der Waals surface area contributed by atoms with Crippen molar-refractivity contribution >= 4 is 0 Å². The summed E-state index contributed by atoms with van der Waals surface area (Å²) < 4.78 is 0. The van der Waals surface area contributed by atoms with Gasteiger partial charge in [0.25, 0.3) is 0 Å². The van der Waals surface area contributed by atoms with Gasteiger partial charge in [-0.15, -0.1) is 0 Å². The van der Waals surface area contributed by atoms with Crippen molar-refractivity contribution in [2.45, 2.75) is 64.9 Å². The lowest BCUT2D eigenvalue weighted by Gasteiger charge is -2.69. The summed E-state index contributed by atoms with van der Waals surface area (Å²) in [5, 5.41) is 20.7. The molecule has 2 N–H and O–H groups in total. The van der Waals surface area contributed by atoms with E-state index in [4.69, 9.17) is 0 Å². The van der Waals surface area contributed by atoms with Crippen LogP contribution in [0.25, 0.3) is 0 Å². The van der Waals surface area contributed by atoms with Crippen LogP contribution in [-0.2, 0) is 0 Å². The number of likely N-dealkylation sites (tertiary alicyclic amines) is 1. The summed E-state index contributed by atoms with van der Waals surface area (Å²) in [5.41, 5.74) is 1.10. The second-order valence-electron chi connectivity index (χ2n) is 10.6. The standard InChI is InChI=1S/C21H35NO2/c1-14-15-10-17-20(11-15,18(14)24)7-4-16-19(2)5-3-6-21(16,17)13-22(12-19)8-9-23/h14-18,23-24H,3-13H2,1-2H3/t14-,15-,16+,17+,18+,19+,20-,21+/m1/s1. The topological polar surface area (TPSA) is 43.7 Å². The number of nitrogens with zero attached hydrogens (tertiary/aromatic N) is 1. The van der Waals surface area contributed by atoms with E-state index in [0.29, 0.717) is 16.7 Å². The Morgan fingerprint density at radius 1 is 1.08 bits per heavy atom. The summed E-state index contributed by atoms with van der Waals surface area (Å²) in [6.45, 7) is 8.34. The molecule has 0 aromatic heterocycles. The van der Waals surface area contributed by atoms with Gasteiger partial charge in [-0.3, -0.25) is 4.90 Å². The normalized spacial score (nSPS) is 59.2. The Morgan fingerprint density at radius 3 is 2.67 bits per heavy atom. The molecule has 3 heteroatoms. The maximum absolute atomic E-state index is 11.1. The highest BCUT2D eigenvalue weighted by atomic mass is 16.3. The lowest BCUT2D eigenvalue weighted by molar-refractivity contribution is -0.215. The molecule has 136 valence electrons. The smallest absolute Gasteiger partial charge is 0.0627 e. The Morgan fingerprint density at radius 2 is 1.92 bits per heavy atom. The summed E-state index contributed by atoms with van der Waals surface area (Å²) >= 11 is 0. The number of β-amino-alcohol motifs (C(OH)–C–C–N with tert-alkyl or cyclic N) is 1.